The van der Waals surface area contributed by atoms with Crippen LogP contribution in [0.4, 0.5) is 0 Å². The molecule has 0 bridgehead atoms. The molecule has 112 valence electrons. The lowest BCUT2D eigenvalue weighted by molar-refractivity contribution is -0.137. The van der Waals surface area contributed by atoms with Crippen LogP contribution in [0, 0.1) is 11.8 Å². The summed E-state index contributed by atoms with van der Waals surface area (Å²) in [5, 5.41) is 0. The van der Waals surface area contributed by atoms with E-state index in [1.165, 1.54) is 0 Å². The maximum absolute atomic E-state index is 12.6. The monoisotopic (exact) mass is 278 g/mol. The lowest BCUT2D eigenvalue weighted by atomic mass is 9.94. The van der Waals surface area contributed by atoms with Gasteiger partial charge in [-0.15, -0.1) is 0 Å². The van der Waals surface area contributed by atoms with Crippen LogP contribution in [0.25, 0.3) is 0 Å². The van der Waals surface area contributed by atoms with Gasteiger partial charge >= 0.3 is 0 Å². The molecule has 0 spiro atoms. The number of rotatable bonds is 8. The summed E-state index contributed by atoms with van der Waals surface area (Å²) in [6.07, 6.45) is 0. The fourth-order valence-electron chi connectivity index (χ4n) is 2.17. The SMILES string of the molecule is COCCN(Cc1ccccc1)C(=O)C(CN)C(C)C. The molecule has 4 nitrogen and oxygen atoms in total. The summed E-state index contributed by atoms with van der Waals surface area (Å²) in [5.74, 6) is 0.229. The zero-order chi connectivity index (χ0) is 15.0. The molecule has 0 fully saturated rings. The van der Waals surface area contributed by atoms with Gasteiger partial charge in [-0.05, 0) is 11.5 Å². The van der Waals surface area contributed by atoms with Gasteiger partial charge in [-0.25, -0.2) is 0 Å². The van der Waals surface area contributed by atoms with E-state index in [9.17, 15) is 4.79 Å². The van der Waals surface area contributed by atoms with E-state index in [-0.39, 0.29) is 17.7 Å². The Kier molecular flexibility index (Phi) is 7.26. The van der Waals surface area contributed by atoms with Crippen LogP contribution < -0.4 is 5.73 Å². The molecule has 0 saturated carbocycles. The predicted octanol–water partition coefficient (Wildman–Crippen LogP) is 1.89. The average molecular weight is 278 g/mol. The van der Waals surface area contributed by atoms with Crippen LogP contribution in [0.1, 0.15) is 19.4 Å². The van der Waals surface area contributed by atoms with Crippen molar-refractivity contribution in [2.75, 3.05) is 26.8 Å². The smallest absolute Gasteiger partial charge is 0.227 e. The Hall–Kier alpha value is -1.39. The first kappa shape index (κ1) is 16.7. The van der Waals surface area contributed by atoms with Crippen LogP contribution in [0.15, 0.2) is 30.3 Å². The molecule has 1 atom stereocenters. The van der Waals surface area contributed by atoms with Gasteiger partial charge in [0.15, 0.2) is 0 Å². The molecule has 20 heavy (non-hydrogen) atoms. The third kappa shape index (κ3) is 4.94. The Labute approximate surface area is 121 Å². The van der Waals surface area contributed by atoms with Crippen molar-refractivity contribution in [1.82, 2.24) is 4.90 Å². The van der Waals surface area contributed by atoms with Crippen molar-refractivity contribution < 1.29 is 9.53 Å². The molecule has 1 amide bonds. The molecular formula is C16H26N2O2. The summed E-state index contributed by atoms with van der Waals surface area (Å²) in [5.41, 5.74) is 6.88. The fourth-order valence-corrected chi connectivity index (χ4v) is 2.17. The van der Waals surface area contributed by atoms with Crippen LogP contribution in [-0.2, 0) is 16.1 Å². The van der Waals surface area contributed by atoms with Crippen molar-refractivity contribution in [3.05, 3.63) is 35.9 Å². The molecular weight excluding hydrogens is 252 g/mol. The van der Waals surface area contributed by atoms with E-state index in [1.54, 1.807) is 7.11 Å². The van der Waals surface area contributed by atoms with E-state index in [0.29, 0.717) is 26.2 Å². The van der Waals surface area contributed by atoms with Gasteiger partial charge in [0, 0.05) is 26.7 Å². The maximum atomic E-state index is 12.6. The molecule has 0 aromatic heterocycles. The van der Waals surface area contributed by atoms with E-state index in [4.69, 9.17) is 10.5 Å². The molecule has 1 rings (SSSR count). The second-order valence-electron chi connectivity index (χ2n) is 5.32. The maximum Gasteiger partial charge on any atom is 0.227 e. The molecule has 0 aliphatic rings. The number of amides is 1. The lowest BCUT2D eigenvalue weighted by Crippen LogP contribution is -2.42. The summed E-state index contributed by atoms with van der Waals surface area (Å²) < 4.78 is 5.11. The van der Waals surface area contributed by atoms with Gasteiger partial charge in [-0.3, -0.25) is 4.79 Å². The molecule has 0 radical (unpaired) electrons. The lowest BCUT2D eigenvalue weighted by Gasteiger charge is -2.28. The minimum Gasteiger partial charge on any atom is -0.383 e. The van der Waals surface area contributed by atoms with E-state index in [0.717, 1.165) is 5.56 Å². The zero-order valence-corrected chi connectivity index (χ0v) is 12.7. The van der Waals surface area contributed by atoms with Crippen LogP contribution in [0.2, 0.25) is 0 Å². The normalized spacial score (nSPS) is 12.4. The van der Waals surface area contributed by atoms with E-state index in [1.807, 2.05) is 49.1 Å². The molecule has 0 heterocycles. The number of nitrogens with two attached hydrogens (primary N) is 1. The number of benzene rings is 1. The number of methoxy groups -OCH3 is 1. The van der Waals surface area contributed by atoms with Gasteiger partial charge < -0.3 is 15.4 Å². The van der Waals surface area contributed by atoms with E-state index in [2.05, 4.69) is 0 Å². The molecule has 0 aliphatic carbocycles. The van der Waals surface area contributed by atoms with E-state index < -0.39 is 0 Å². The molecule has 1 unspecified atom stereocenters. The highest BCUT2D eigenvalue weighted by molar-refractivity contribution is 5.79. The van der Waals surface area contributed by atoms with Crippen molar-refractivity contribution in [1.29, 1.82) is 0 Å². The minimum absolute atomic E-state index is 0.114. The van der Waals surface area contributed by atoms with Gasteiger partial charge in [0.05, 0.1) is 12.5 Å². The van der Waals surface area contributed by atoms with Gasteiger partial charge in [0.1, 0.15) is 0 Å². The number of ether oxygens (including phenoxy) is 1. The molecule has 1 aromatic carbocycles. The first-order valence-electron chi connectivity index (χ1n) is 7.11. The largest absolute Gasteiger partial charge is 0.383 e. The van der Waals surface area contributed by atoms with Crippen molar-refractivity contribution >= 4 is 5.91 Å². The third-order valence-corrected chi connectivity index (χ3v) is 3.47. The highest BCUT2D eigenvalue weighted by Crippen LogP contribution is 2.15. The minimum atomic E-state index is -0.129. The third-order valence-electron chi connectivity index (χ3n) is 3.47. The van der Waals surface area contributed by atoms with Crippen molar-refractivity contribution in [3.63, 3.8) is 0 Å². The van der Waals surface area contributed by atoms with Gasteiger partial charge in [0.25, 0.3) is 0 Å². The summed E-state index contributed by atoms with van der Waals surface area (Å²) in [6, 6.07) is 10.00. The van der Waals surface area contributed by atoms with E-state index >= 15 is 0 Å². The highest BCUT2D eigenvalue weighted by atomic mass is 16.5. The summed E-state index contributed by atoms with van der Waals surface area (Å²) >= 11 is 0. The molecule has 0 aliphatic heterocycles. The van der Waals surface area contributed by atoms with Crippen LogP contribution in [0.3, 0.4) is 0 Å². The number of hydrogen-bond donors (Lipinski definition) is 1. The Morgan fingerprint density at radius 3 is 2.45 bits per heavy atom. The highest BCUT2D eigenvalue weighted by Gasteiger charge is 2.25. The summed E-state index contributed by atoms with van der Waals surface area (Å²) in [7, 11) is 1.65. The van der Waals surface area contributed by atoms with Crippen molar-refractivity contribution in [2.45, 2.75) is 20.4 Å². The number of carbonyl (C=O) groups is 1. The second-order valence-corrected chi connectivity index (χ2v) is 5.32. The fraction of sp³-hybridized carbons (Fsp3) is 0.562. The Morgan fingerprint density at radius 2 is 1.95 bits per heavy atom. The number of hydrogen-bond acceptors (Lipinski definition) is 3. The summed E-state index contributed by atoms with van der Waals surface area (Å²) in [4.78, 5) is 14.5. The van der Waals surface area contributed by atoms with Crippen LogP contribution >= 0.6 is 0 Å². The van der Waals surface area contributed by atoms with Gasteiger partial charge in [-0.1, -0.05) is 44.2 Å². The Bertz CT molecular complexity index is 393. The van der Waals surface area contributed by atoms with Gasteiger partial charge in [0.2, 0.25) is 5.91 Å². The predicted molar refractivity (Wildman–Crippen MR) is 81.1 cm³/mol. The second kappa shape index (κ2) is 8.72. The first-order chi connectivity index (χ1) is 9.60. The standard InChI is InChI=1S/C16H26N2O2/c1-13(2)15(11-17)16(19)18(9-10-20-3)12-14-7-5-4-6-8-14/h4-8,13,15H,9-12,17H2,1-3H3. The quantitative estimate of drug-likeness (QED) is 0.790. The zero-order valence-electron chi connectivity index (χ0n) is 12.7. The summed E-state index contributed by atoms with van der Waals surface area (Å²) in [6.45, 7) is 6.18. The van der Waals surface area contributed by atoms with Crippen LogP contribution in [0.5, 0.6) is 0 Å². The molecule has 4 heteroatoms. The Morgan fingerprint density at radius 1 is 1.30 bits per heavy atom. The number of nitrogens with zero attached hydrogens (tertiary/aromatic N) is 1. The average Bonchev–Trinajstić information content (AvgIpc) is 2.44. The number of carbonyl (C=O) groups excluding carboxylic acids is 1. The Balaban J connectivity index is 2.79. The molecule has 1 aromatic rings. The first-order valence-corrected chi connectivity index (χ1v) is 7.11. The molecule has 2 N–H and O–H groups in total. The van der Waals surface area contributed by atoms with Crippen molar-refractivity contribution in [3.8, 4) is 0 Å². The molecule has 0 saturated heterocycles. The van der Waals surface area contributed by atoms with Gasteiger partial charge in [-0.2, -0.15) is 0 Å². The van der Waals surface area contributed by atoms with Crippen LogP contribution in [-0.4, -0.2) is 37.6 Å². The topological polar surface area (TPSA) is 55.6 Å². The van der Waals surface area contributed by atoms with Crippen molar-refractivity contribution in [2.24, 2.45) is 17.6 Å².